The van der Waals surface area contributed by atoms with Crippen LogP contribution in [0.4, 0.5) is 0 Å². The monoisotopic (exact) mass is 900 g/mol. The van der Waals surface area contributed by atoms with Crippen LogP contribution in [0, 0.1) is 19.0 Å². The minimum absolute atomic E-state index is 0. The van der Waals surface area contributed by atoms with Crippen LogP contribution in [-0.4, -0.2) is 18.0 Å². The molecule has 0 fully saturated rings. The summed E-state index contributed by atoms with van der Waals surface area (Å²) in [4.78, 5) is 9.15. The van der Waals surface area contributed by atoms with Gasteiger partial charge in [0.1, 0.15) is 5.58 Å². The van der Waals surface area contributed by atoms with Crippen molar-refractivity contribution < 1.29 is 31.4 Å². The third kappa shape index (κ3) is 7.20. The number of hydrogen-bond donors (Lipinski definition) is 0. The Balaban J connectivity index is 0.000000214. The van der Waals surface area contributed by atoms with Gasteiger partial charge in [-0.3, -0.25) is 0 Å². The predicted molar refractivity (Wildman–Crippen MR) is 227 cm³/mol. The number of benzene rings is 6. The van der Waals surface area contributed by atoms with Gasteiger partial charge in [-0.1, -0.05) is 129 Å². The molecule has 0 saturated heterocycles. The number of rotatable bonds is 5. The largest absolute Gasteiger partial charge is 0.501 e. The van der Waals surface area contributed by atoms with Gasteiger partial charge in [-0.25, -0.2) is 0 Å². The predicted octanol–water partition coefficient (Wildman–Crippen LogP) is 12.9. The van der Waals surface area contributed by atoms with E-state index in [2.05, 4.69) is 84.2 Å². The molecule has 0 atom stereocenters. The molecular weight excluding hydrogens is 853 g/mol. The normalized spacial score (nSPS) is 13.3. The summed E-state index contributed by atoms with van der Waals surface area (Å²) in [6.45, 7) is 8.36. The van der Waals surface area contributed by atoms with Crippen molar-refractivity contribution in [3.63, 3.8) is 0 Å². The molecule has 5 heteroatoms. The standard InChI is InChI=1S/C32H20NO.C17H22NSi.Ir/c1-20-16-30(33-19-29(20)21-8-3-2-4-9-21)26-13-7-12-25-28-17-23-15-14-22-10-5-6-11-24(22)27(23)18-31(28)34-32(25)26;1-13(2)15-11-16(14-9-7-6-8-10-14)18-12-17(15)19(3,4)5;/h2-12,14-19H,1H3;6-9,11-13H,1-5H3;/q2*-1;/i1D3,19D;13D;. The van der Waals surface area contributed by atoms with Crippen LogP contribution in [0.5, 0.6) is 0 Å². The van der Waals surface area contributed by atoms with Gasteiger partial charge in [-0.05, 0) is 74.1 Å². The van der Waals surface area contributed by atoms with Crippen LogP contribution < -0.4 is 5.19 Å². The molecule has 3 aromatic heterocycles. The zero-order chi connectivity index (χ0) is 41.0. The molecule has 0 aliphatic carbocycles. The Bertz CT molecular complexity index is 2970. The molecule has 9 rings (SSSR count). The molecule has 3 heterocycles. The number of pyridine rings is 2. The van der Waals surface area contributed by atoms with E-state index in [4.69, 9.17) is 11.3 Å². The van der Waals surface area contributed by atoms with Crippen molar-refractivity contribution >= 4 is 56.7 Å². The van der Waals surface area contributed by atoms with Crippen molar-refractivity contribution in [2.45, 2.75) is 46.2 Å². The third-order valence-corrected chi connectivity index (χ3v) is 11.7. The number of aryl methyl sites for hydroxylation is 1. The molecule has 3 nitrogen and oxygen atoms in total. The smallest absolute Gasteiger partial charge is 0.121 e. The Morgan fingerprint density at radius 2 is 1.50 bits per heavy atom. The second-order valence-electron chi connectivity index (χ2n) is 14.6. The molecule has 6 aromatic carbocycles. The first kappa shape index (κ1) is 31.2. The maximum atomic E-state index is 8.70. The van der Waals surface area contributed by atoms with Gasteiger partial charge in [0.05, 0.1) is 15.0 Å². The van der Waals surface area contributed by atoms with Crippen LogP contribution in [0.15, 0.2) is 144 Å². The van der Waals surface area contributed by atoms with E-state index < -0.39 is 20.8 Å². The zero-order valence-electron chi connectivity index (χ0n) is 35.8. The van der Waals surface area contributed by atoms with Crippen molar-refractivity contribution in [3.05, 3.63) is 163 Å². The number of furan rings is 1. The average Bonchev–Trinajstić information content (AvgIpc) is 3.57. The van der Waals surface area contributed by atoms with E-state index in [1.807, 2.05) is 80.7 Å². The van der Waals surface area contributed by atoms with Gasteiger partial charge >= 0.3 is 0 Å². The molecule has 0 saturated carbocycles. The zero-order valence-corrected chi connectivity index (χ0v) is 34.2. The first-order chi connectivity index (χ1) is 27.6. The van der Waals surface area contributed by atoms with Crippen molar-refractivity contribution in [2.24, 2.45) is 0 Å². The maximum Gasteiger partial charge on any atom is 0.121 e. The summed E-state index contributed by atoms with van der Waals surface area (Å²) in [6.07, 6.45) is 1.88. The molecule has 0 bridgehead atoms. The Morgan fingerprint density at radius 1 is 0.722 bits per heavy atom. The van der Waals surface area contributed by atoms with E-state index in [-0.39, 0.29) is 31.8 Å². The Labute approximate surface area is 339 Å². The fourth-order valence-corrected chi connectivity index (χ4v) is 8.55. The SMILES string of the molecule is [2H]C(C)(C)c1cc(-c2[c-]cccc2)ncc1[Si](C)(C)C.[2H]c1nc(-c2[c-]ccc3c2oc2cc4c(ccc5ccccc54)cc23)cc(C([2H])([2H])[2H])c1-c1ccccc1.[Ir]. The Hall–Kier alpha value is -5.19. The molecule has 0 aliphatic rings. The Kier molecular flexibility index (Phi) is 8.82. The first-order valence-corrected chi connectivity index (χ1v) is 21.3. The van der Waals surface area contributed by atoms with Gasteiger partial charge < -0.3 is 14.4 Å². The number of nitrogens with zero attached hydrogens (tertiary/aromatic N) is 2. The summed E-state index contributed by atoms with van der Waals surface area (Å²) in [7, 11) is -1.50. The van der Waals surface area contributed by atoms with Gasteiger partial charge in [0.2, 0.25) is 0 Å². The summed E-state index contributed by atoms with van der Waals surface area (Å²) in [6, 6.07) is 47.4. The maximum absolute atomic E-state index is 8.70. The second kappa shape index (κ2) is 15.3. The average molecular weight is 900 g/mol. The van der Waals surface area contributed by atoms with Gasteiger partial charge in [-0.15, -0.1) is 54.1 Å². The second-order valence-corrected chi connectivity index (χ2v) is 19.6. The van der Waals surface area contributed by atoms with Gasteiger partial charge in [0.25, 0.3) is 0 Å². The molecule has 0 unspecified atom stereocenters. The number of aromatic nitrogens is 2. The van der Waals surface area contributed by atoms with E-state index in [0.717, 1.165) is 54.7 Å². The molecule has 54 heavy (non-hydrogen) atoms. The van der Waals surface area contributed by atoms with E-state index in [0.29, 0.717) is 28.0 Å². The molecule has 0 spiro atoms. The van der Waals surface area contributed by atoms with Crippen LogP contribution in [0.3, 0.4) is 0 Å². The minimum Gasteiger partial charge on any atom is -0.501 e. The van der Waals surface area contributed by atoms with Crippen LogP contribution in [-0.2, 0) is 20.1 Å². The summed E-state index contributed by atoms with van der Waals surface area (Å²) in [5.41, 5.74) is 6.20. The number of hydrogen-bond acceptors (Lipinski definition) is 3. The summed E-state index contributed by atoms with van der Waals surface area (Å²) in [5, 5.41) is 7.64. The van der Waals surface area contributed by atoms with E-state index in [1.54, 1.807) is 24.3 Å². The fourth-order valence-electron chi connectivity index (χ4n) is 6.97. The van der Waals surface area contributed by atoms with Crippen LogP contribution in [0.2, 0.25) is 19.6 Å². The van der Waals surface area contributed by atoms with Gasteiger partial charge in [0, 0.05) is 48.9 Å². The van der Waals surface area contributed by atoms with Gasteiger partial charge in [0.15, 0.2) is 0 Å². The summed E-state index contributed by atoms with van der Waals surface area (Å²) >= 11 is 0. The van der Waals surface area contributed by atoms with E-state index in [1.165, 1.54) is 5.19 Å². The first-order valence-electron chi connectivity index (χ1n) is 20.3. The Morgan fingerprint density at radius 3 is 2.26 bits per heavy atom. The molecular formula is C49H42IrN2OSi-2. The van der Waals surface area contributed by atoms with Crippen LogP contribution in [0.1, 0.15) is 37.7 Å². The molecule has 269 valence electrons. The van der Waals surface area contributed by atoms with Crippen molar-refractivity contribution in [3.8, 4) is 33.6 Å². The molecule has 9 aromatic rings. The molecule has 0 amide bonds. The number of fused-ring (bicyclic) bond motifs is 6. The summed E-state index contributed by atoms with van der Waals surface area (Å²) < 4.78 is 48.2. The molecule has 1 radical (unpaired) electrons. The third-order valence-electron chi connectivity index (χ3n) is 9.69. The van der Waals surface area contributed by atoms with Crippen LogP contribution in [0.25, 0.3) is 77.1 Å². The van der Waals surface area contributed by atoms with Gasteiger partial charge in [-0.2, -0.15) is 0 Å². The van der Waals surface area contributed by atoms with Crippen LogP contribution >= 0.6 is 0 Å². The minimum atomic E-state index is -2.43. The summed E-state index contributed by atoms with van der Waals surface area (Å²) in [5.74, 6) is -0.609. The van der Waals surface area contributed by atoms with E-state index in [9.17, 15) is 0 Å². The van der Waals surface area contributed by atoms with E-state index >= 15 is 0 Å². The van der Waals surface area contributed by atoms with Crippen molar-refractivity contribution in [1.29, 1.82) is 0 Å². The molecule has 0 N–H and O–H groups in total. The van der Waals surface area contributed by atoms with Crippen molar-refractivity contribution in [1.82, 2.24) is 9.97 Å². The molecule has 0 aliphatic heterocycles. The topological polar surface area (TPSA) is 38.9 Å². The fraction of sp³-hybridized carbons (Fsp3) is 0.143. The van der Waals surface area contributed by atoms with Crippen molar-refractivity contribution in [2.75, 3.05) is 0 Å². The quantitative estimate of drug-likeness (QED) is 0.0981.